The Balaban J connectivity index is 2.24. The summed E-state index contributed by atoms with van der Waals surface area (Å²) < 4.78 is 1.26. The average molecular weight is 412 g/mol. The third-order valence-electron chi connectivity index (χ3n) is 5.04. The van der Waals surface area contributed by atoms with Crippen LogP contribution in [-0.4, -0.2) is 54.1 Å². The van der Waals surface area contributed by atoms with Crippen LogP contribution in [0, 0.1) is 0 Å². The first kappa shape index (κ1) is 19.3. The molecule has 0 aliphatic heterocycles. The number of carboxylic acids is 3. The van der Waals surface area contributed by atoms with E-state index in [9.17, 15) is 34.5 Å². The monoisotopic (exact) mass is 412 g/mol. The SMILES string of the molecule is NCCCCc1nc2c(=O)c3cc(C(=O)O)[nH]c3c3c(C(=O)O)cc(C(=O)O)n1c23. The van der Waals surface area contributed by atoms with E-state index in [2.05, 4.69) is 9.97 Å². The normalized spacial score (nSPS) is 11.6. The van der Waals surface area contributed by atoms with Gasteiger partial charge in [0, 0.05) is 11.8 Å². The Bertz CT molecular complexity index is 1420. The Labute approximate surface area is 166 Å². The minimum Gasteiger partial charge on any atom is -0.478 e. The Morgan fingerprint density at radius 1 is 1.07 bits per heavy atom. The molecule has 30 heavy (non-hydrogen) atoms. The number of fused-ring (bicyclic) bond motifs is 2. The van der Waals surface area contributed by atoms with Crippen molar-refractivity contribution in [1.82, 2.24) is 14.4 Å². The van der Waals surface area contributed by atoms with E-state index in [-0.39, 0.29) is 44.3 Å². The van der Waals surface area contributed by atoms with Crippen LogP contribution < -0.4 is 11.2 Å². The van der Waals surface area contributed by atoms with Crippen LogP contribution in [0.5, 0.6) is 0 Å². The van der Waals surface area contributed by atoms with Gasteiger partial charge in [0.1, 0.15) is 22.7 Å². The number of unbranched alkanes of at least 4 members (excludes halogenated alkanes) is 1. The molecule has 0 saturated carbocycles. The van der Waals surface area contributed by atoms with E-state index in [1.54, 1.807) is 0 Å². The highest BCUT2D eigenvalue weighted by Gasteiger charge is 2.28. The van der Waals surface area contributed by atoms with Gasteiger partial charge in [0.05, 0.1) is 22.0 Å². The van der Waals surface area contributed by atoms with Crippen LogP contribution in [-0.2, 0) is 6.42 Å². The van der Waals surface area contributed by atoms with Crippen LogP contribution in [0.2, 0.25) is 0 Å². The van der Waals surface area contributed by atoms with Gasteiger partial charge in [-0.1, -0.05) is 0 Å². The van der Waals surface area contributed by atoms with Crippen molar-refractivity contribution in [1.29, 1.82) is 0 Å². The molecule has 1 aromatic carbocycles. The van der Waals surface area contributed by atoms with E-state index < -0.39 is 23.3 Å². The van der Waals surface area contributed by atoms with Crippen LogP contribution in [0.15, 0.2) is 16.9 Å². The highest BCUT2D eigenvalue weighted by atomic mass is 16.4. The second-order valence-electron chi connectivity index (χ2n) is 6.84. The Hall–Kier alpha value is -3.99. The van der Waals surface area contributed by atoms with E-state index in [0.717, 1.165) is 12.1 Å². The number of aromatic amines is 1. The summed E-state index contributed by atoms with van der Waals surface area (Å²) in [6.45, 7) is 0.428. The molecule has 0 unspecified atom stereocenters. The van der Waals surface area contributed by atoms with Crippen molar-refractivity contribution in [3.8, 4) is 0 Å². The second-order valence-corrected chi connectivity index (χ2v) is 6.84. The fourth-order valence-corrected chi connectivity index (χ4v) is 3.76. The number of hydrogen-bond acceptors (Lipinski definition) is 6. The van der Waals surface area contributed by atoms with Crippen LogP contribution in [0.3, 0.4) is 0 Å². The number of nitrogens with one attached hydrogen (secondary N) is 1. The maximum atomic E-state index is 13.0. The highest BCUT2D eigenvalue weighted by molar-refractivity contribution is 6.20. The predicted octanol–water partition coefficient (Wildman–Crippen LogP) is 1.14. The molecule has 0 aliphatic rings. The number of aryl methyl sites for hydroxylation is 1. The third kappa shape index (κ3) is 2.67. The number of aromatic carboxylic acids is 3. The van der Waals surface area contributed by atoms with Crippen molar-refractivity contribution in [3.05, 3.63) is 45.1 Å². The molecule has 0 spiro atoms. The molecule has 0 fully saturated rings. The summed E-state index contributed by atoms with van der Waals surface area (Å²) in [5.41, 5.74) is 3.82. The molecule has 0 aliphatic carbocycles. The van der Waals surface area contributed by atoms with E-state index in [0.29, 0.717) is 31.6 Å². The van der Waals surface area contributed by atoms with Gasteiger partial charge in [0.2, 0.25) is 5.43 Å². The molecule has 11 heteroatoms. The van der Waals surface area contributed by atoms with Gasteiger partial charge in [-0.2, -0.15) is 0 Å². The summed E-state index contributed by atoms with van der Waals surface area (Å²) in [6.07, 6.45) is 1.57. The molecular formula is C19H16N4O7. The summed E-state index contributed by atoms with van der Waals surface area (Å²) in [6, 6.07) is 2.12. The van der Waals surface area contributed by atoms with E-state index >= 15 is 0 Å². The Kier molecular flexibility index (Phi) is 4.39. The maximum absolute atomic E-state index is 13.0. The van der Waals surface area contributed by atoms with Crippen LogP contribution >= 0.6 is 0 Å². The zero-order chi connectivity index (χ0) is 21.7. The lowest BCUT2D eigenvalue weighted by atomic mass is 10.0. The fraction of sp³-hybridized carbons (Fsp3) is 0.211. The largest absolute Gasteiger partial charge is 0.478 e. The number of aromatic nitrogens is 3. The topological polar surface area (TPSA) is 188 Å². The van der Waals surface area contributed by atoms with Crippen molar-refractivity contribution >= 4 is 45.2 Å². The lowest BCUT2D eigenvalue weighted by molar-refractivity contribution is 0.0677. The lowest BCUT2D eigenvalue weighted by Crippen LogP contribution is -2.13. The molecule has 154 valence electrons. The smallest absolute Gasteiger partial charge is 0.352 e. The molecule has 0 atom stereocenters. The summed E-state index contributed by atoms with van der Waals surface area (Å²) in [4.78, 5) is 55.1. The van der Waals surface area contributed by atoms with Crippen molar-refractivity contribution in [2.24, 2.45) is 5.73 Å². The van der Waals surface area contributed by atoms with Gasteiger partial charge in [0.25, 0.3) is 0 Å². The number of hydrogen-bond donors (Lipinski definition) is 5. The van der Waals surface area contributed by atoms with Crippen LogP contribution in [0.25, 0.3) is 27.3 Å². The summed E-state index contributed by atoms with van der Waals surface area (Å²) in [5.74, 6) is -3.83. The van der Waals surface area contributed by atoms with Gasteiger partial charge in [-0.3, -0.25) is 9.20 Å². The lowest BCUT2D eigenvalue weighted by Gasteiger charge is -2.10. The van der Waals surface area contributed by atoms with Crippen molar-refractivity contribution < 1.29 is 29.7 Å². The third-order valence-corrected chi connectivity index (χ3v) is 5.04. The first-order chi connectivity index (χ1) is 14.3. The molecule has 11 nitrogen and oxygen atoms in total. The molecule has 0 amide bonds. The summed E-state index contributed by atoms with van der Waals surface area (Å²) in [7, 11) is 0. The number of nitrogens with two attached hydrogens (primary N) is 1. The van der Waals surface area contributed by atoms with Gasteiger partial charge in [-0.05, 0) is 31.5 Å². The van der Waals surface area contributed by atoms with Crippen molar-refractivity contribution in [3.63, 3.8) is 0 Å². The number of rotatable bonds is 7. The quantitative estimate of drug-likeness (QED) is 0.277. The van der Waals surface area contributed by atoms with Crippen LogP contribution in [0.4, 0.5) is 0 Å². The number of carboxylic acid groups (broad SMARTS) is 3. The van der Waals surface area contributed by atoms with Gasteiger partial charge in [-0.15, -0.1) is 0 Å². The molecule has 0 bridgehead atoms. The second kappa shape index (κ2) is 6.81. The minimum absolute atomic E-state index is 0.0117. The average Bonchev–Trinajstić information content (AvgIpc) is 3.29. The van der Waals surface area contributed by atoms with Gasteiger partial charge in [0.15, 0.2) is 0 Å². The number of carbonyl (C=O) groups is 3. The number of nitrogens with zero attached hydrogens (tertiary/aromatic N) is 2. The van der Waals surface area contributed by atoms with Gasteiger partial charge < -0.3 is 26.0 Å². The Morgan fingerprint density at radius 3 is 2.40 bits per heavy atom. The number of benzene rings is 1. The molecular weight excluding hydrogens is 396 g/mol. The van der Waals surface area contributed by atoms with Crippen molar-refractivity contribution in [2.75, 3.05) is 6.54 Å². The maximum Gasteiger partial charge on any atom is 0.352 e. The first-order valence-corrected chi connectivity index (χ1v) is 9.02. The van der Waals surface area contributed by atoms with Gasteiger partial charge in [-0.25, -0.2) is 19.4 Å². The molecule has 3 heterocycles. The Morgan fingerprint density at radius 2 is 1.80 bits per heavy atom. The van der Waals surface area contributed by atoms with E-state index in [4.69, 9.17) is 5.73 Å². The van der Waals surface area contributed by atoms with E-state index in [1.807, 2.05) is 0 Å². The first-order valence-electron chi connectivity index (χ1n) is 9.02. The molecule has 0 saturated heterocycles. The molecule has 3 aromatic heterocycles. The van der Waals surface area contributed by atoms with Crippen molar-refractivity contribution in [2.45, 2.75) is 19.3 Å². The van der Waals surface area contributed by atoms with Crippen LogP contribution in [0.1, 0.15) is 50.0 Å². The minimum atomic E-state index is -1.42. The summed E-state index contributed by atoms with van der Waals surface area (Å²) in [5, 5.41) is 28.7. The zero-order valence-electron chi connectivity index (χ0n) is 15.4. The number of H-pyrrole nitrogens is 1. The molecule has 0 radical (unpaired) electrons. The zero-order valence-corrected chi connectivity index (χ0v) is 15.4. The molecule has 4 rings (SSSR count). The fourth-order valence-electron chi connectivity index (χ4n) is 3.76. The number of pyridine rings is 1. The van der Waals surface area contributed by atoms with Gasteiger partial charge >= 0.3 is 17.9 Å². The molecule has 6 N–H and O–H groups in total. The van der Waals surface area contributed by atoms with E-state index in [1.165, 1.54) is 4.40 Å². The standard InChI is InChI=1S/C19H16N4O7/c20-4-2-1-3-11-22-14-15-12(7(17(25)26)6-10(19(29)30)23(11)15)13-8(16(14)24)5-9(21-13)18(27)28/h5-6,21H,1-4,20H2,(H,25,26)(H,27,28)(H,29,30). The predicted molar refractivity (Wildman–Crippen MR) is 105 cm³/mol. The highest BCUT2D eigenvalue weighted by Crippen LogP contribution is 2.32. The molecule has 4 aromatic rings. The number of imidazole rings is 1. The summed E-state index contributed by atoms with van der Waals surface area (Å²) >= 11 is 0.